The van der Waals surface area contributed by atoms with Gasteiger partial charge in [0.15, 0.2) is 0 Å². The van der Waals surface area contributed by atoms with Crippen LogP contribution in [-0.2, 0) is 16.0 Å². The number of halogens is 1. The summed E-state index contributed by atoms with van der Waals surface area (Å²) in [6.07, 6.45) is -0.0701. The minimum absolute atomic E-state index is 0.0701. The maximum absolute atomic E-state index is 13.2. The van der Waals surface area contributed by atoms with Gasteiger partial charge in [-0.1, -0.05) is 6.07 Å². The summed E-state index contributed by atoms with van der Waals surface area (Å²) in [5, 5.41) is 0. The Kier molecular flexibility index (Phi) is 3.95. The molecule has 14 heavy (non-hydrogen) atoms. The summed E-state index contributed by atoms with van der Waals surface area (Å²) in [5.74, 6) is -0.863. The van der Waals surface area contributed by atoms with Crippen LogP contribution in [0.25, 0.3) is 0 Å². The molecule has 76 valence electrons. The van der Waals surface area contributed by atoms with E-state index in [9.17, 15) is 9.18 Å². The van der Waals surface area contributed by atoms with Crippen LogP contribution in [-0.4, -0.2) is 12.6 Å². The largest absolute Gasteiger partial charge is 0.466 e. The number of hydrogen-bond donors (Lipinski definition) is 1. The molecule has 0 heterocycles. The first-order chi connectivity index (χ1) is 6.65. The van der Waals surface area contributed by atoms with Crippen molar-refractivity contribution in [3.8, 4) is 0 Å². The molecule has 0 aliphatic carbocycles. The van der Waals surface area contributed by atoms with Gasteiger partial charge in [-0.3, -0.25) is 4.79 Å². The maximum atomic E-state index is 13.2. The summed E-state index contributed by atoms with van der Waals surface area (Å²) in [4.78, 5) is 11.6. The molecule has 0 saturated carbocycles. The number of thiol groups is 1. The highest BCUT2D eigenvalue weighted by atomic mass is 32.1. The molecule has 2 nitrogen and oxygen atoms in total. The van der Waals surface area contributed by atoms with Crippen LogP contribution in [0.15, 0.2) is 23.1 Å². The third kappa shape index (κ3) is 2.73. The van der Waals surface area contributed by atoms with E-state index in [-0.39, 0.29) is 12.0 Å². The molecule has 0 atom stereocenters. The lowest BCUT2D eigenvalue weighted by molar-refractivity contribution is -0.142. The first-order valence-electron chi connectivity index (χ1n) is 4.27. The minimum atomic E-state index is -0.437. The van der Waals surface area contributed by atoms with Crippen LogP contribution in [0, 0.1) is 5.82 Å². The highest BCUT2D eigenvalue weighted by Gasteiger charge is 2.11. The number of ether oxygens (including phenoxy) is 1. The second kappa shape index (κ2) is 5.00. The van der Waals surface area contributed by atoms with E-state index in [0.29, 0.717) is 11.5 Å². The van der Waals surface area contributed by atoms with Gasteiger partial charge in [0, 0.05) is 10.5 Å². The monoisotopic (exact) mass is 214 g/mol. The third-order valence-corrected chi connectivity index (χ3v) is 2.14. The molecule has 0 aromatic heterocycles. The van der Waals surface area contributed by atoms with Crippen molar-refractivity contribution in [2.24, 2.45) is 0 Å². The van der Waals surface area contributed by atoms with Crippen LogP contribution >= 0.6 is 12.6 Å². The highest BCUT2D eigenvalue weighted by molar-refractivity contribution is 7.80. The van der Waals surface area contributed by atoms with Gasteiger partial charge in [0.05, 0.1) is 13.0 Å². The molecule has 1 rings (SSSR count). The standard InChI is InChI=1S/C10H11FO2S/c1-2-13-10(12)6-7-8(11)4-3-5-9(7)14/h3-5,14H,2,6H2,1H3. The molecule has 0 bridgehead atoms. The molecule has 0 fully saturated rings. The highest BCUT2D eigenvalue weighted by Crippen LogP contribution is 2.17. The van der Waals surface area contributed by atoms with Crippen molar-refractivity contribution in [1.29, 1.82) is 0 Å². The van der Waals surface area contributed by atoms with Crippen molar-refractivity contribution in [2.45, 2.75) is 18.2 Å². The second-order valence-electron chi connectivity index (χ2n) is 2.72. The molecule has 1 aromatic carbocycles. The van der Waals surface area contributed by atoms with Crippen LogP contribution in [0.5, 0.6) is 0 Å². The van der Waals surface area contributed by atoms with Gasteiger partial charge >= 0.3 is 5.97 Å². The summed E-state index contributed by atoms with van der Waals surface area (Å²) in [6.45, 7) is 2.01. The molecule has 0 radical (unpaired) electrons. The second-order valence-corrected chi connectivity index (χ2v) is 3.20. The molecule has 0 amide bonds. The Balaban J connectivity index is 2.80. The lowest BCUT2D eigenvalue weighted by Crippen LogP contribution is -2.09. The van der Waals surface area contributed by atoms with Gasteiger partial charge in [-0.2, -0.15) is 0 Å². The van der Waals surface area contributed by atoms with Gasteiger partial charge in [-0.15, -0.1) is 12.6 Å². The van der Waals surface area contributed by atoms with Gasteiger partial charge in [-0.25, -0.2) is 4.39 Å². The van der Waals surface area contributed by atoms with Crippen molar-refractivity contribution in [2.75, 3.05) is 6.61 Å². The number of benzene rings is 1. The van der Waals surface area contributed by atoms with Crippen molar-refractivity contribution < 1.29 is 13.9 Å². The number of hydrogen-bond acceptors (Lipinski definition) is 3. The third-order valence-electron chi connectivity index (χ3n) is 1.72. The van der Waals surface area contributed by atoms with Gasteiger partial charge in [0.2, 0.25) is 0 Å². The van der Waals surface area contributed by atoms with Crippen molar-refractivity contribution in [3.63, 3.8) is 0 Å². The smallest absolute Gasteiger partial charge is 0.310 e. The predicted octanol–water partition coefficient (Wildman–Crippen LogP) is 2.22. The first-order valence-corrected chi connectivity index (χ1v) is 4.71. The summed E-state index contributed by atoms with van der Waals surface area (Å²) < 4.78 is 17.9. The number of rotatable bonds is 3. The van der Waals surface area contributed by atoms with Crippen LogP contribution in [0.1, 0.15) is 12.5 Å². The van der Waals surface area contributed by atoms with Crippen LogP contribution < -0.4 is 0 Å². The molecule has 0 aliphatic rings. The van der Waals surface area contributed by atoms with E-state index in [2.05, 4.69) is 12.6 Å². The van der Waals surface area contributed by atoms with E-state index in [1.54, 1.807) is 19.1 Å². The minimum Gasteiger partial charge on any atom is -0.466 e. The Morgan fingerprint density at radius 1 is 1.57 bits per heavy atom. The molecule has 1 aromatic rings. The first kappa shape index (κ1) is 11.0. The summed E-state index contributed by atoms with van der Waals surface area (Å²) in [5.41, 5.74) is 0.286. The number of carbonyl (C=O) groups is 1. The average Bonchev–Trinajstić information content (AvgIpc) is 2.12. The Morgan fingerprint density at radius 3 is 2.86 bits per heavy atom. The maximum Gasteiger partial charge on any atom is 0.310 e. The zero-order valence-corrected chi connectivity index (χ0v) is 8.68. The average molecular weight is 214 g/mol. The quantitative estimate of drug-likeness (QED) is 0.617. The molecule has 0 spiro atoms. The molecular formula is C10H11FO2S. The van der Waals surface area contributed by atoms with Crippen LogP contribution in [0.3, 0.4) is 0 Å². The predicted molar refractivity (Wildman–Crippen MR) is 54.0 cm³/mol. The summed E-state index contributed by atoms with van der Waals surface area (Å²) in [6, 6.07) is 4.49. The van der Waals surface area contributed by atoms with Gasteiger partial charge in [-0.05, 0) is 19.1 Å². The van der Waals surface area contributed by atoms with Crippen LogP contribution in [0.4, 0.5) is 4.39 Å². The summed E-state index contributed by atoms with van der Waals surface area (Å²) in [7, 11) is 0. The van der Waals surface area contributed by atoms with E-state index in [4.69, 9.17) is 4.74 Å². The van der Waals surface area contributed by atoms with Crippen molar-refractivity contribution in [3.05, 3.63) is 29.6 Å². The van der Waals surface area contributed by atoms with Crippen molar-refractivity contribution >= 4 is 18.6 Å². The molecule has 0 N–H and O–H groups in total. The zero-order chi connectivity index (χ0) is 10.6. The van der Waals surface area contributed by atoms with Crippen molar-refractivity contribution in [1.82, 2.24) is 0 Å². The van der Waals surface area contributed by atoms with Gasteiger partial charge in [0.1, 0.15) is 5.82 Å². The molecule has 0 aliphatic heterocycles. The molecule has 0 saturated heterocycles. The lowest BCUT2D eigenvalue weighted by Gasteiger charge is -2.05. The SMILES string of the molecule is CCOC(=O)Cc1c(F)cccc1S. The fraction of sp³-hybridized carbons (Fsp3) is 0.300. The molecule has 0 unspecified atom stereocenters. The van der Waals surface area contributed by atoms with E-state index in [1.807, 2.05) is 0 Å². The normalized spacial score (nSPS) is 9.93. The van der Waals surface area contributed by atoms with Gasteiger partial charge in [0.25, 0.3) is 0 Å². The Morgan fingerprint density at radius 2 is 2.29 bits per heavy atom. The zero-order valence-electron chi connectivity index (χ0n) is 7.79. The Labute approximate surface area is 87.5 Å². The number of carbonyl (C=O) groups excluding carboxylic acids is 1. The van der Waals surface area contributed by atoms with E-state index < -0.39 is 11.8 Å². The topological polar surface area (TPSA) is 26.3 Å². The fourth-order valence-corrected chi connectivity index (χ4v) is 1.35. The van der Waals surface area contributed by atoms with Gasteiger partial charge < -0.3 is 4.74 Å². The fourth-order valence-electron chi connectivity index (χ4n) is 1.08. The number of esters is 1. The molecule has 4 heteroatoms. The van der Waals surface area contributed by atoms with Crippen LogP contribution in [0.2, 0.25) is 0 Å². The van der Waals surface area contributed by atoms with E-state index in [1.165, 1.54) is 6.07 Å². The van der Waals surface area contributed by atoms with E-state index in [0.717, 1.165) is 0 Å². The lowest BCUT2D eigenvalue weighted by atomic mass is 10.1. The van der Waals surface area contributed by atoms with E-state index >= 15 is 0 Å². The molecular weight excluding hydrogens is 203 g/mol. The summed E-state index contributed by atoms with van der Waals surface area (Å²) >= 11 is 4.06. The Bertz CT molecular complexity index is 319. The Hall–Kier alpha value is -1.03.